The van der Waals surface area contributed by atoms with Crippen molar-refractivity contribution in [2.24, 2.45) is 0 Å². The molecule has 7 heteroatoms. The standard InChI is InChI=1S/C14H10N2O5/c17-13(9-3-2-6-12(8-9)16(20)21)15-11-5-1-4-10(7-11)14(18)19/h1-8H,(H,15,17)(H,18,19). The zero-order valence-electron chi connectivity index (χ0n) is 10.6. The van der Waals surface area contributed by atoms with Crippen molar-refractivity contribution in [3.05, 3.63) is 69.8 Å². The molecule has 0 spiro atoms. The number of anilines is 1. The average Bonchev–Trinajstić information content (AvgIpc) is 2.47. The number of nitro benzene ring substituents is 1. The Morgan fingerprint density at radius 1 is 1.05 bits per heavy atom. The number of nitrogens with zero attached hydrogens (tertiary/aromatic N) is 1. The minimum Gasteiger partial charge on any atom is -0.478 e. The van der Waals surface area contributed by atoms with Crippen LogP contribution in [0.2, 0.25) is 0 Å². The molecule has 0 saturated heterocycles. The van der Waals surface area contributed by atoms with E-state index in [1.54, 1.807) is 0 Å². The number of amides is 1. The van der Waals surface area contributed by atoms with Crippen LogP contribution in [0.1, 0.15) is 20.7 Å². The van der Waals surface area contributed by atoms with Crippen LogP contribution in [0.5, 0.6) is 0 Å². The third-order valence-corrected chi connectivity index (χ3v) is 2.69. The molecule has 2 aromatic rings. The van der Waals surface area contributed by atoms with E-state index < -0.39 is 16.8 Å². The molecule has 0 aliphatic carbocycles. The van der Waals surface area contributed by atoms with Crippen molar-refractivity contribution in [3.8, 4) is 0 Å². The van der Waals surface area contributed by atoms with Crippen molar-refractivity contribution in [3.63, 3.8) is 0 Å². The first-order valence-corrected chi connectivity index (χ1v) is 5.86. The fraction of sp³-hybridized carbons (Fsp3) is 0. The van der Waals surface area contributed by atoms with Crippen LogP contribution in [-0.2, 0) is 0 Å². The molecule has 0 aromatic heterocycles. The summed E-state index contributed by atoms with van der Waals surface area (Å²) < 4.78 is 0. The number of nitro groups is 1. The van der Waals surface area contributed by atoms with Gasteiger partial charge in [-0.15, -0.1) is 0 Å². The molecule has 0 aliphatic heterocycles. The van der Waals surface area contributed by atoms with E-state index >= 15 is 0 Å². The SMILES string of the molecule is O=C(O)c1cccc(NC(=O)c2cccc([N+](=O)[O-])c2)c1. The molecule has 106 valence electrons. The fourth-order valence-corrected chi connectivity index (χ4v) is 1.69. The van der Waals surface area contributed by atoms with Crippen LogP contribution in [0.3, 0.4) is 0 Å². The highest BCUT2D eigenvalue weighted by Crippen LogP contribution is 2.16. The maximum atomic E-state index is 12.0. The molecule has 0 atom stereocenters. The molecule has 0 radical (unpaired) electrons. The molecule has 2 N–H and O–H groups in total. The molecule has 0 heterocycles. The van der Waals surface area contributed by atoms with E-state index in [-0.39, 0.29) is 16.8 Å². The zero-order chi connectivity index (χ0) is 15.4. The van der Waals surface area contributed by atoms with Gasteiger partial charge in [0.05, 0.1) is 10.5 Å². The van der Waals surface area contributed by atoms with Crippen LogP contribution in [0.25, 0.3) is 0 Å². The van der Waals surface area contributed by atoms with Crippen molar-refractivity contribution in [1.29, 1.82) is 0 Å². The summed E-state index contributed by atoms with van der Waals surface area (Å²) in [7, 11) is 0. The Morgan fingerprint density at radius 3 is 2.38 bits per heavy atom. The topological polar surface area (TPSA) is 110 Å². The molecule has 1 amide bonds. The fourth-order valence-electron chi connectivity index (χ4n) is 1.69. The lowest BCUT2D eigenvalue weighted by Crippen LogP contribution is -2.12. The number of rotatable bonds is 4. The zero-order valence-corrected chi connectivity index (χ0v) is 10.6. The summed E-state index contributed by atoms with van der Waals surface area (Å²) in [6.07, 6.45) is 0. The van der Waals surface area contributed by atoms with Gasteiger partial charge in [-0.25, -0.2) is 4.79 Å². The highest BCUT2D eigenvalue weighted by molar-refractivity contribution is 6.05. The first-order chi connectivity index (χ1) is 9.97. The molecule has 0 aliphatic rings. The van der Waals surface area contributed by atoms with Crippen molar-refractivity contribution in [2.75, 3.05) is 5.32 Å². The summed E-state index contributed by atoms with van der Waals surface area (Å²) in [4.78, 5) is 32.9. The van der Waals surface area contributed by atoms with Crippen LogP contribution in [-0.4, -0.2) is 21.9 Å². The van der Waals surface area contributed by atoms with Crippen LogP contribution in [0, 0.1) is 10.1 Å². The summed E-state index contributed by atoms with van der Waals surface area (Å²) >= 11 is 0. The van der Waals surface area contributed by atoms with Gasteiger partial charge in [-0.2, -0.15) is 0 Å². The Bertz CT molecular complexity index is 727. The number of carboxylic acids is 1. The third kappa shape index (κ3) is 3.41. The van der Waals surface area contributed by atoms with Gasteiger partial charge in [-0.3, -0.25) is 14.9 Å². The number of carbonyl (C=O) groups excluding carboxylic acids is 1. The van der Waals surface area contributed by atoms with Gasteiger partial charge in [0, 0.05) is 23.4 Å². The number of non-ortho nitro benzene ring substituents is 1. The van der Waals surface area contributed by atoms with Crippen molar-refractivity contribution < 1.29 is 19.6 Å². The maximum Gasteiger partial charge on any atom is 0.335 e. The molecule has 2 rings (SSSR count). The lowest BCUT2D eigenvalue weighted by molar-refractivity contribution is -0.384. The van der Waals surface area contributed by atoms with E-state index in [4.69, 9.17) is 5.11 Å². The number of carboxylic acid groups (broad SMARTS) is 1. The minimum absolute atomic E-state index is 0.0341. The minimum atomic E-state index is -1.11. The Labute approximate surface area is 119 Å². The summed E-state index contributed by atoms with van der Waals surface area (Å²) in [5, 5.41) is 22.0. The summed E-state index contributed by atoms with van der Waals surface area (Å²) in [6.45, 7) is 0. The van der Waals surface area contributed by atoms with Gasteiger partial charge in [-0.05, 0) is 24.3 Å². The van der Waals surface area contributed by atoms with Crippen LogP contribution < -0.4 is 5.32 Å². The van der Waals surface area contributed by atoms with Crippen LogP contribution in [0.15, 0.2) is 48.5 Å². The second-order valence-corrected chi connectivity index (χ2v) is 4.15. The number of hydrogen-bond acceptors (Lipinski definition) is 4. The van der Waals surface area contributed by atoms with Gasteiger partial charge < -0.3 is 10.4 Å². The monoisotopic (exact) mass is 286 g/mol. The van der Waals surface area contributed by atoms with Crippen LogP contribution >= 0.6 is 0 Å². The number of carbonyl (C=O) groups is 2. The first-order valence-electron chi connectivity index (χ1n) is 5.86. The summed E-state index contributed by atoms with van der Waals surface area (Å²) in [5.41, 5.74) is 0.255. The predicted molar refractivity (Wildman–Crippen MR) is 74.5 cm³/mol. The van der Waals surface area contributed by atoms with Gasteiger partial charge in [0.25, 0.3) is 11.6 Å². The van der Waals surface area contributed by atoms with E-state index in [0.29, 0.717) is 5.69 Å². The smallest absolute Gasteiger partial charge is 0.335 e. The Morgan fingerprint density at radius 2 is 1.71 bits per heavy atom. The second-order valence-electron chi connectivity index (χ2n) is 4.15. The Kier molecular flexibility index (Phi) is 3.94. The summed E-state index contributed by atoms with van der Waals surface area (Å²) in [5.74, 6) is -1.66. The van der Waals surface area contributed by atoms with Gasteiger partial charge in [0.2, 0.25) is 0 Å². The van der Waals surface area contributed by atoms with Crippen molar-refractivity contribution >= 4 is 23.3 Å². The number of nitrogens with one attached hydrogen (secondary N) is 1. The van der Waals surface area contributed by atoms with Gasteiger partial charge in [-0.1, -0.05) is 12.1 Å². The van der Waals surface area contributed by atoms with Gasteiger partial charge in [0.15, 0.2) is 0 Å². The van der Waals surface area contributed by atoms with E-state index in [2.05, 4.69) is 5.32 Å². The molecular weight excluding hydrogens is 276 g/mol. The van der Waals surface area contributed by atoms with Gasteiger partial charge >= 0.3 is 5.97 Å². The molecule has 21 heavy (non-hydrogen) atoms. The molecule has 0 saturated carbocycles. The molecular formula is C14H10N2O5. The highest BCUT2D eigenvalue weighted by atomic mass is 16.6. The maximum absolute atomic E-state index is 12.0. The molecule has 0 fully saturated rings. The van der Waals surface area contributed by atoms with E-state index in [9.17, 15) is 19.7 Å². The quantitative estimate of drug-likeness (QED) is 0.663. The predicted octanol–water partition coefficient (Wildman–Crippen LogP) is 2.55. The van der Waals surface area contributed by atoms with E-state index in [0.717, 1.165) is 6.07 Å². The lowest BCUT2D eigenvalue weighted by Gasteiger charge is -2.06. The highest BCUT2D eigenvalue weighted by Gasteiger charge is 2.12. The Balaban J connectivity index is 2.22. The largest absolute Gasteiger partial charge is 0.478 e. The lowest BCUT2D eigenvalue weighted by atomic mass is 10.1. The molecule has 7 nitrogen and oxygen atoms in total. The normalized spacial score (nSPS) is 9.90. The van der Waals surface area contributed by atoms with Crippen molar-refractivity contribution in [1.82, 2.24) is 0 Å². The number of aromatic carboxylic acids is 1. The number of benzene rings is 2. The Hall–Kier alpha value is -3.22. The molecule has 0 unspecified atom stereocenters. The van der Waals surface area contributed by atoms with Crippen LogP contribution in [0.4, 0.5) is 11.4 Å². The first kappa shape index (κ1) is 14.2. The number of hydrogen-bond donors (Lipinski definition) is 2. The molecule has 0 bridgehead atoms. The average molecular weight is 286 g/mol. The van der Waals surface area contributed by atoms with E-state index in [1.807, 2.05) is 0 Å². The van der Waals surface area contributed by atoms with Gasteiger partial charge in [0.1, 0.15) is 0 Å². The van der Waals surface area contributed by atoms with Crippen molar-refractivity contribution in [2.45, 2.75) is 0 Å². The molecule has 2 aromatic carbocycles. The van der Waals surface area contributed by atoms with E-state index in [1.165, 1.54) is 42.5 Å². The third-order valence-electron chi connectivity index (χ3n) is 2.69. The second kappa shape index (κ2) is 5.83. The summed E-state index contributed by atoms with van der Waals surface area (Å²) in [6, 6.07) is 11.0.